The first-order valence-electron chi connectivity index (χ1n) is 7.91. The number of carbonyl (C=O) groups is 1. The second-order valence-electron chi connectivity index (χ2n) is 5.47. The maximum Gasteiger partial charge on any atom is 0.262 e. The number of amides is 1. The van der Waals surface area contributed by atoms with Gasteiger partial charge in [-0.25, -0.2) is 0 Å². The molecule has 1 aliphatic rings. The number of nitrogens with zero attached hydrogens (tertiary/aromatic N) is 1. The Morgan fingerprint density at radius 3 is 2.74 bits per heavy atom. The van der Waals surface area contributed by atoms with Gasteiger partial charge in [0.05, 0.1) is 13.7 Å². The minimum absolute atomic E-state index is 0.101. The molecule has 1 N–H and O–H groups in total. The SMILES string of the molecule is CCOc1cc(/C=C(/C#N)C(=O)NC2CCCC2)ccc1OC. The third-order valence-electron chi connectivity index (χ3n) is 3.85. The Morgan fingerprint density at radius 1 is 1.39 bits per heavy atom. The van der Waals surface area contributed by atoms with Gasteiger partial charge in [0.1, 0.15) is 11.6 Å². The van der Waals surface area contributed by atoms with Crippen LogP contribution in [0.15, 0.2) is 23.8 Å². The molecule has 122 valence electrons. The van der Waals surface area contributed by atoms with Gasteiger partial charge in [-0.05, 0) is 43.5 Å². The van der Waals surface area contributed by atoms with Crippen molar-refractivity contribution in [3.63, 3.8) is 0 Å². The van der Waals surface area contributed by atoms with Crippen molar-refractivity contribution in [2.75, 3.05) is 13.7 Å². The Morgan fingerprint density at radius 2 is 2.13 bits per heavy atom. The van der Waals surface area contributed by atoms with E-state index in [1.54, 1.807) is 31.4 Å². The molecule has 0 saturated heterocycles. The fraction of sp³-hybridized carbons (Fsp3) is 0.444. The standard InChI is InChI=1S/C18H22N2O3/c1-3-23-17-11-13(8-9-16(17)22-2)10-14(12-19)18(21)20-15-6-4-5-7-15/h8-11,15H,3-7H2,1-2H3,(H,20,21)/b14-10-. The van der Waals surface area contributed by atoms with Gasteiger partial charge in [-0.15, -0.1) is 0 Å². The molecule has 23 heavy (non-hydrogen) atoms. The molecule has 0 atom stereocenters. The van der Waals surface area contributed by atoms with Gasteiger partial charge in [-0.3, -0.25) is 4.79 Å². The summed E-state index contributed by atoms with van der Waals surface area (Å²) >= 11 is 0. The van der Waals surface area contributed by atoms with E-state index in [9.17, 15) is 10.1 Å². The van der Waals surface area contributed by atoms with E-state index in [0.717, 1.165) is 31.2 Å². The topological polar surface area (TPSA) is 71.3 Å². The summed E-state index contributed by atoms with van der Waals surface area (Å²) in [5, 5.41) is 12.2. The number of nitriles is 1. The molecule has 2 rings (SSSR count). The molecule has 1 saturated carbocycles. The first-order chi connectivity index (χ1) is 11.2. The van der Waals surface area contributed by atoms with E-state index in [4.69, 9.17) is 9.47 Å². The highest BCUT2D eigenvalue weighted by atomic mass is 16.5. The van der Waals surface area contributed by atoms with Gasteiger partial charge in [0.25, 0.3) is 5.91 Å². The van der Waals surface area contributed by atoms with Crippen LogP contribution in [0.5, 0.6) is 11.5 Å². The van der Waals surface area contributed by atoms with E-state index < -0.39 is 0 Å². The summed E-state index contributed by atoms with van der Waals surface area (Å²) in [6, 6.07) is 7.49. The van der Waals surface area contributed by atoms with Crippen LogP contribution < -0.4 is 14.8 Å². The molecule has 1 aliphatic carbocycles. The molecule has 1 fully saturated rings. The zero-order chi connectivity index (χ0) is 16.7. The Bertz CT molecular complexity index is 626. The maximum atomic E-state index is 12.2. The van der Waals surface area contributed by atoms with Crippen molar-refractivity contribution < 1.29 is 14.3 Å². The Hall–Kier alpha value is -2.48. The minimum atomic E-state index is -0.312. The molecular formula is C18H22N2O3. The Balaban J connectivity index is 2.18. The molecule has 5 heteroatoms. The summed E-state index contributed by atoms with van der Waals surface area (Å²) in [5.41, 5.74) is 0.830. The molecule has 0 bridgehead atoms. The van der Waals surface area contributed by atoms with Crippen LogP contribution >= 0.6 is 0 Å². The van der Waals surface area contributed by atoms with Gasteiger partial charge in [-0.2, -0.15) is 5.26 Å². The molecule has 1 aromatic carbocycles. The van der Waals surface area contributed by atoms with Crippen LogP contribution in [0.3, 0.4) is 0 Å². The average Bonchev–Trinajstić information content (AvgIpc) is 3.06. The number of rotatable bonds is 6. The van der Waals surface area contributed by atoms with Crippen LogP contribution in [0.1, 0.15) is 38.2 Å². The van der Waals surface area contributed by atoms with Gasteiger partial charge >= 0.3 is 0 Å². The van der Waals surface area contributed by atoms with E-state index in [1.165, 1.54) is 0 Å². The van der Waals surface area contributed by atoms with Crippen molar-refractivity contribution in [3.05, 3.63) is 29.3 Å². The lowest BCUT2D eigenvalue weighted by atomic mass is 10.1. The van der Waals surface area contributed by atoms with Crippen molar-refractivity contribution in [2.24, 2.45) is 0 Å². The van der Waals surface area contributed by atoms with E-state index >= 15 is 0 Å². The van der Waals surface area contributed by atoms with Crippen molar-refractivity contribution in [1.82, 2.24) is 5.32 Å². The summed E-state index contributed by atoms with van der Waals surface area (Å²) in [6.07, 6.45) is 5.81. The van der Waals surface area contributed by atoms with Crippen molar-refractivity contribution in [2.45, 2.75) is 38.6 Å². The third kappa shape index (κ3) is 4.49. The molecule has 5 nitrogen and oxygen atoms in total. The number of nitrogens with one attached hydrogen (secondary N) is 1. The number of hydrogen-bond acceptors (Lipinski definition) is 4. The summed E-state index contributed by atoms with van der Waals surface area (Å²) in [6.45, 7) is 2.40. The fourth-order valence-electron chi connectivity index (χ4n) is 2.70. The summed E-state index contributed by atoms with van der Waals surface area (Å²) in [5.74, 6) is 0.906. The van der Waals surface area contributed by atoms with E-state index in [-0.39, 0.29) is 17.5 Å². The zero-order valence-electron chi connectivity index (χ0n) is 13.6. The van der Waals surface area contributed by atoms with Crippen molar-refractivity contribution >= 4 is 12.0 Å². The first kappa shape index (κ1) is 16.9. The van der Waals surface area contributed by atoms with Gasteiger partial charge < -0.3 is 14.8 Å². The maximum absolute atomic E-state index is 12.2. The quantitative estimate of drug-likeness (QED) is 0.647. The van der Waals surface area contributed by atoms with Crippen molar-refractivity contribution in [3.8, 4) is 17.6 Å². The predicted molar refractivity (Wildman–Crippen MR) is 88.2 cm³/mol. The minimum Gasteiger partial charge on any atom is -0.493 e. The lowest BCUT2D eigenvalue weighted by molar-refractivity contribution is -0.117. The highest BCUT2D eigenvalue weighted by molar-refractivity contribution is 6.01. The third-order valence-corrected chi connectivity index (χ3v) is 3.85. The lowest BCUT2D eigenvalue weighted by Crippen LogP contribution is -2.33. The molecule has 0 radical (unpaired) electrons. The Labute approximate surface area is 136 Å². The highest BCUT2D eigenvalue weighted by Gasteiger charge is 2.19. The molecule has 0 aromatic heterocycles. The van der Waals surface area contributed by atoms with Gasteiger partial charge in [0, 0.05) is 6.04 Å². The normalized spacial score (nSPS) is 15.1. The molecule has 0 heterocycles. The summed E-state index contributed by atoms with van der Waals surface area (Å²) in [4.78, 5) is 12.2. The number of methoxy groups -OCH3 is 1. The summed E-state index contributed by atoms with van der Waals surface area (Å²) in [7, 11) is 1.57. The smallest absolute Gasteiger partial charge is 0.262 e. The predicted octanol–water partition coefficient (Wildman–Crippen LogP) is 3.06. The molecule has 1 aromatic rings. The van der Waals surface area contributed by atoms with Crippen LogP contribution in [-0.4, -0.2) is 25.7 Å². The van der Waals surface area contributed by atoms with Crippen LogP contribution in [0, 0.1) is 11.3 Å². The number of benzene rings is 1. The second-order valence-corrected chi connectivity index (χ2v) is 5.47. The molecule has 0 spiro atoms. The number of ether oxygens (including phenoxy) is 2. The van der Waals surface area contributed by atoms with Gasteiger partial charge in [0.15, 0.2) is 11.5 Å². The lowest BCUT2D eigenvalue weighted by Gasteiger charge is -2.12. The van der Waals surface area contributed by atoms with Crippen LogP contribution in [0.25, 0.3) is 6.08 Å². The summed E-state index contributed by atoms with van der Waals surface area (Å²) < 4.78 is 10.7. The molecule has 1 amide bonds. The monoisotopic (exact) mass is 314 g/mol. The van der Waals surface area contributed by atoms with Gasteiger partial charge in [-0.1, -0.05) is 18.9 Å². The number of carbonyl (C=O) groups excluding carboxylic acids is 1. The van der Waals surface area contributed by atoms with Crippen LogP contribution in [-0.2, 0) is 4.79 Å². The van der Waals surface area contributed by atoms with E-state index in [0.29, 0.717) is 18.1 Å². The van der Waals surface area contributed by atoms with Crippen molar-refractivity contribution in [1.29, 1.82) is 5.26 Å². The van der Waals surface area contributed by atoms with E-state index in [2.05, 4.69) is 5.32 Å². The molecular weight excluding hydrogens is 292 g/mol. The number of hydrogen-bond donors (Lipinski definition) is 1. The second kappa shape index (κ2) is 8.23. The Kier molecular flexibility index (Phi) is 6.04. The first-order valence-corrected chi connectivity index (χ1v) is 7.91. The van der Waals surface area contributed by atoms with E-state index in [1.807, 2.05) is 13.0 Å². The largest absolute Gasteiger partial charge is 0.493 e. The average molecular weight is 314 g/mol. The molecule has 0 unspecified atom stereocenters. The highest BCUT2D eigenvalue weighted by Crippen LogP contribution is 2.29. The molecule has 0 aliphatic heterocycles. The zero-order valence-corrected chi connectivity index (χ0v) is 13.6. The van der Waals surface area contributed by atoms with Crippen LogP contribution in [0.2, 0.25) is 0 Å². The fourth-order valence-corrected chi connectivity index (χ4v) is 2.70. The van der Waals surface area contributed by atoms with Gasteiger partial charge in [0.2, 0.25) is 0 Å². The van der Waals surface area contributed by atoms with Crippen LogP contribution in [0.4, 0.5) is 0 Å².